The molecule has 1 fully saturated rings. The molecule has 1 aromatic heterocycles. The maximum Gasteiger partial charge on any atom is 0.256 e. The largest absolute Gasteiger partial charge is 0.364 e. The Kier molecular flexibility index (Phi) is 3.81. The summed E-state index contributed by atoms with van der Waals surface area (Å²) in [5, 5.41) is 2.93. The highest BCUT2D eigenvalue weighted by molar-refractivity contribution is 5.93. The van der Waals surface area contributed by atoms with E-state index in [1.165, 1.54) is 12.3 Å². The monoisotopic (exact) mass is 249 g/mol. The van der Waals surface area contributed by atoms with Crippen molar-refractivity contribution in [2.75, 3.05) is 20.1 Å². The number of aryl methyl sites for hydroxylation is 1. The Morgan fingerprint density at radius 2 is 2.11 bits per heavy atom. The van der Waals surface area contributed by atoms with Crippen LogP contribution in [-0.2, 0) is 0 Å². The van der Waals surface area contributed by atoms with E-state index >= 15 is 0 Å². The molecule has 0 aromatic carbocycles. The second-order valence-corrected chi connectivity index (χ2v) is 4.94. The number of carbonyl (C=O) groups is 1. The summed E-state index contributed by atoms with van der Waals surface area (Å²) >= 11 is 0. The van der Waals surface area contributed by atoms with Gasteiger partial charge in [0.15, 0.2) is 5.43 Å². The van der Waals surface area contributed by atoms with Crippen LogP contribution in [0.2, 0.25) is 0 Å². The van der Waals surface area contributed by atoms with Crippen LogP contribution in [0.1, 0.15) is 28.9 Å². The van der Waals surface area contributed by atoms with Crippen LogP contribution in [0.4, 0.5) is 0 Å². The fraction of sp³-hybridized carbons (Fsp3) is 0.538. The third kappa shape index (κ3) is 2.98. The van der Waals surface area contributed by atoms with E-state index in [0.29, 0.717) is 0 Å². The molecule has 1 aliphatic rings. The maximum absolute atomic E-state index is 12.0. The van der Waals surface area contributed by atoms with Crippen molar-refractivity contribution in [2.45, 2.75) is 25.8 Å². The van der Waals surface area contributed by atoms with Crippen molar-refractivity contribution in [1.29, 1.82) is 0 Å². The van der Waals surface area contributed by atoms with Gasteiger partial charge >= 0.3 is 0 Å². The molecule has 2 N–H and O–H groups in total. The number of rotatable bonds is 2. The average Bonchev–Trinajstić information content (AvgIpc) is 2.32. The summed E-state index contributed by atoms with van der Waals surface area (Å²) < 4.78 is 0. The molecular weight excluding hydrogens is 230 g/mol. The number of hydrogen-bond acceptors (Lipinski definition) is 3. The van der Waals surface area contributed by atoms with Crippen molar-refractivity contribution in [3.8, 4) is 0 Å². The molecule has 0 aliphatic carbocycles. The van der Waals surface area contributed by atoms with Crippen molar-refractivity contribution in [2.24, 2.45) is 0 Å². The second kappa shape index (κ2) is 5.35. The molecule has 1 saturated heterocycles. The lowest BCUT2D eigenvalue weighted by Crippen LogP contribution is -2.44. The highest BCUT2D eigenvalue weighted by Gasteiger charge is 2.20. The molecule has 1 aromatic rings. The Morgan fingerprint density at radius 3 is 2.72 bits per heavy atom. The summed E-state index contributed by atoms with van der Waals surface area (Å²) in [4.78, 5) is 28.8. The van der Waals surface area contributed by atoms with E-state index in [9.17, 15) is 9.59 Å². The zero-order valence-electron chi connectivity index (χ0n) is 10.8. The van der Waals surface area contributed by atoms with Crippen LogP contribution >= 0.6 is 0 Å². The van der Waals surface area contributed by atoms with E-state index in [2.05, 4.69) is 22.2 Å². The van der Waals surface area contributed by atoms with Gasteiger partial charge in [-0.2, -0.15) is 0 Å². The lowest BCUT2D eigenvalue weighted by atomic mass is 10.1. The minimum Gasteiger partial charge on any atom is -0.364 e. The molecule has 5 nitrogen and oxygen atoms in total. The van der Waals surface area contributed by atoms with Gasteiger partial charge in [-0.3, -0.25) is 9.59 Å². The Labute approximate surface area is 106 Å². The molecule has 0 bridgehead atoms. The molecule has 2 heterocycles. The highest BCUT2D eigenvalue weighted by Crippen LogP contribution is 2.08. The SMILES string of the molecule is Cc1cc(=O)c(C(=O)NC2CCN(C)CC2)c[nH]1. The molecule has 0 radical (unpaired) electrons. The first-order valence-electron chi connectivity index (χ1n) is 6.25. The predicted octanol–water partition coefficient (Wildman–Crippen LogP) is 0.507. The summed E-state index contributed by atoms with van der Waals surface area (Å²) in [5.41, 5.74) is 0.729. The lowest BCUT2D eigenvalue weighted by molar-refractivity contribution is 0.0915. The van der Waals surface area contributed by atoms with Crippen LogP contribution in [0.3, 0.4) is 0 Å². The highest BCUT2D eigenvalue weighted by atomic mass is 16.2. The predicted molar refractivity (Wildman–Crippen MR) is 69.8 cm³/mol. The van der Waals surface area contributed by atoms with E-state index < -0.39 is 0 Å². The van der Waals surface area contributed by atoms with Crippen LogP contribution in [0, 0.1) is 6.92 Å². The lowest BCUT2D eigenvalue weighted by Gasteiger charge is -2.29. The van der Waals surface area contributed by atoms with Crippen molar-refractivity contribution in [3.63, 3.8) is 0 Å². The number of piperidine rings is 1. The molecule has 0 saturated carbocycles. The third-order valence-electron chi connectivity index (χ3n) is 3.36. The molecule has 1 aliphatic heterocycles. The molecule has 98 valence electrons. The van der Waals surface area contributed by atoms with Gasteiger partial charge in [0.2, 0.25) is 0 Å². The molecule has 18 heavy (non-hydrogen) atoms. The number of likely N-dealkylation sites (tertiary alicyclic amines) is 1. The smallest absolute Gasteiger partial charge is 0.256 e. The molecule has 0 unspecified atom stereocenters. The number of H-pyrrole nitrogens is 1. The second-order valence-electron chi connectivity index (χ2n) is 4.94. The molecule has 0 spiro atoms. The average molecular weight is 249 g/mol. The number of pyridine rings is 1. The van der Waals surface area contributed by atoms with Gasteiger partial charge in [0.1, 0.15) is 5.56 Å². The Bertz CT molecular complexity index is 487. The Balaban J connectivity index is 2.01. The zero-order valence-corrected chi connectivity index (χ0v) is 10.8. The first kappa shape index (κ1) is 12.8. The summed E-state index contributed by atoms with van der Waals surface area (Å²) in [6, 6.07) is 1.62. The Hall–Kier alpha value is -1.62. The van der Waals surface area contributed by atoms with E-state index in [0.717, 1.165) is 31.6 Å². The van der Waals surface area contributed by atoms with Crippen molar-refractivity contribution >= 4 is 5.91 Å². The van der Waals surface area contributed by atoms with Crippen molar-refractivity contribution in [3.05, 3.63) is 33.7 Å². The molecular formula is C13H19N3O2. The third-order valence-corrected chi connectivity index (χ3v) is 3.36. The number of aromatic amines is 1. The Morgan fingerprint density at radius 1 is 1.44 bits per heavy atom. The van der Waals surface area contributed by atoms with Gasteiger partial charge in [-0.05, 0) is 39.9 Å². The van der Waals surface area contributed by atoms with Crippen LogP contribution in [0.25, 0.3) is 0 Å². The quantitative estimate of drug-likeness (QED) is 0.802. The van der Waals surface area contributed by atoms with Crippen LogP contribution in [0.5, 0.6) is 0 Å². The first-order chi connectivity index (χ1) is 8.56. The molecule has 5 heteroatoms. The molecule has 0 atom stereocenters. The van der Waals surface area contributed by atoms with Gasteiger partial charge in [-0.25, -0.2) is 0 Å². The van der Waals surface area contributed by atoms with Crippen LogP contribution in [-0.4, -0.2) is 42.0 Å². The van der Waals surface area contributed by atoms with Gasteiger partial charge < -0.3 is 15.2 Å². The van der Waals surface area contributed by atoms with Crippen LogP contribution < -0.4 is 10.7 Å². The molecule has 1 amide bonds. The standard InChI is InChI=1S/C13H19N3O2/c1-9-7-12(17)11(8-14-9)13(18)15-10-3-5-16(2)6-4-10/h7-8,10H,3-6H2,1-2H3,(H,14,17)(H,15,18). The van der Waals surface area contributed by atoms with Gasteiger partial charge in [0, 0.05) is 24.0 Å². The fourth-order valence-corrected chi connectivity index (χ4v) is 2.17. The minimum atomic E-state index is -0.272. The molecule has 2 rings (SSSR count). The fourth-order valence-electron chi connectivity index (χ4n) is 2.17. The number of nitrogens with zero attached hydrogens (tertiary/aromatic N) is 1. The summed E-state index contributed by atoms with van der Waals surface area (Å²) in [6.07, 6.45) is 3.36. The van der Waals surface area contributed by atoms with E-state index in [1.54, 1.807) is 6.92 Å². The van der Waals surface area contributed by atoms with Gasteiger partial charge in [-0.15, -0.1) is 0 Å². The summed E-state index contributed by atoms with van der Waals surface area (Å²) in [5.74, 6) is -0.272. The number of nitrogens with one attached hydrogen (secondary N) is 2. The maximum atomic E-state index is 12.0. The van der Waals surface area contributed by atoms with E-state index in [4.69, 9.17) is 0 Å². The first-order valence-corrected chi connectivity index (χ1v) is 6.25. The van der Waals surface area contributed by atoms with Gasteiger partial charge in [0.25, 0.3) is 5.91 Å². The zero-order chi connectivity index (χ0) is 13.1. The number of amides is 1. The van der Waals surface area contributed by atoms with Crippen molar-refractivity contribution in [1.82, 2.24) is 15.2 Å². The van der Waals surface area contributed by atoms with E-state index in [-0.39, 0.29) is 22.9 Å². The van der Waals surface area contributed by atoms with E-state index in [1.807, 2.05) is 0 Å². The van der Waals surface area contributed by atoms with Gasteiger partial charge in [-0.1, -0.05) is 0 Å². The van der Waals surface area contributed by atoms with Crippen LogP contribution in [0.15, 0.2) is 17.1 Å². The number of carbonyl (C=O) groups excluding carboxylic acids is 1. The summed E-state index contributed by atoms with van der Waals surface area (Å²) in [6.45, 7) is 3.75. The normalized spacial score (nSPS) is 17.7. The topological polar surface area (TPSA) is 65.2 Å². The minimum absolute atomic E-state index is 0.175. The number of hydrogen-bond donors (Lipinski definition) is 2. The summed E-state index contributed by atoms with van der Waals surface area (Å²) in [7, 11) is 2.07. The van der Waals surface area contributed by atoms with Gasteiger partial charge in [0.05, 0.1) is 0 Å². The van der Waals surface area contributed by atoms with Crippen molar-refractivity contribution < 1.29 is 4.79 Å². The number of aromatic nitrogens is 1.